The predicted molar refractivity (Wildman–Crippen MR) is 85.2 cm³/mol. The molecule has 20 heavy (non-hydrogen) atoms. The number of benzene rings is 2. The summed E-state index contributed by atoms with van der Waals surface area (Å²) in [4.78, 5) is 2.07. The lowest BCUT2D eigenvalue weighted by Gasteiger charge is -2.13. The summed E-state index contributed by atoms with van der Waals surface area (Å²) in [6, 6.07) is 14.4. The normalized spacial score (nSPS) is 11.2. The van der Waals surface area contributed by atoms with Crippen LogP contribution >= 0.6 is 0 Å². The summed E-state index contributed by atoms with van der Waals surface area (Å²) >= 11 is 0. The zero-order chi connectivity index (χ0) is 14.7. The van der Waals surface area contributed by atoms with E-state index in [0.717, 1.165) is 16.6 Å². The number of nitrogens with two attached hydrogens (primary N) is 1. The molecule has 0 saturated carbocycles. The Kier molecular flexibility index (Phi) is 3.76. The number of anilines is 1. The Balaban J connectivity index is 2.48. The Morgan fingerprint density at radius 2 is 1.85 bits per heavy atom. The van der Waals surface area contributed by atoms with E-state index in [0.29, 0.717) is 5.57 Å². The maximum absolute atomic E-state index is 9.00. The van der Waals surface area contributed by atoms with Crippen molar-refractivity contribution in [2.45, 2.75) is 0 Å². The summed E-state index contributed by atoms with van der Waals surface area (Å²) in [7, 11) is 4.04. The highest BCUT2D eigenvalue weighted by Crippen LogP contribution is 2.23. The highest BCUT2D eigenvalue weighted by Gasteiger charge is 2.01. The largest absolute Gasteiger partial charge is 0.398 e. The number of allylic oxidation sites excluding steroid dienone is 1. The predicted octanol–water partition coefficient (Wildman–Crippen LogP) is 3.29. The van der Waals surface area contributed by atoms with Crippen LogP contribution in [0.2, 0.25) is 0 Å². The molecule has 0 fully saturated rings. The fourth-order valence-corrected chi connectivity index (χ4v) is 1.98. The van der Waals surface area contributed by atoms with Crippen molar-refractivity contribution in [3.63, 3.8) is 0 Å². The Morgan fingerprint density at radius 3 is 2.45 bits per heavy atom. The van der Waals surface area contributed by atoms with Crippen LogP contribution in [0.5, 0.6) is 0 Å². The summed E-state index contributed by atoms with van der Waals surface area (Å²) in [6.07, 6.45) is 1.75. The van der Waals surface area contributed by atoms with Gasteiger partial charge in [-0.25, -0.2) is 0 Å². The molecule has 0 aliphatic rings. The van der Waals surface area contributed by atoms with E-state index in [1.54, 1.807) is 6.08 Å². The molecule has 0 bridgehead atoms. The summed E-state index contributed by atoms with van der Waals surface area (Å²) in [5.41, 5.74) is 8.36. The zero-order valence-electron chi connectivity index (χ0n) is 11.7. The van der Waals surface area contributed by atoms with Gasteiger partial charge in [0.15, 0.2) is 0 Å². The van der Waals surface area contributed by atoms with Crippen LogP contribution in [0.3, 0.4) is 0 Å². The van der Waals surface area contributed by atoms with Crippen molar-refractivity contribution in [2.75, 3.05) is 19.0 Å². The summed E-state index contributed by atoms with van der Waals surface area (Å²) in [5, 5.41) is 11.3. The van der Waals surface area contributed by atoms with Crippen molar-refractivity contribution in [3.05, 3.63) is 59.8 Å². The van der Waals surface area contributed by atoms with Crippen LogP contribution in [0, 0.1) is 11.3 Å². The minimum Gasteiger partial charge on any atom is -0.398 e. The molecule has 2 aromatic rings. The molecule has 0 saturated heterocycles. The standard InChI is InChI=1S/C17H17N3/c1-12(19)16(11-18)9-13-4-5-15-10-17(20(2)3)7-6-14(15)8-13/h4-10H,1,19H2,2-3H3/b16-9+. The SMILES string of the molecule is C=C(N)/C(C#N)=C/c1ccc2cc(N(C)C)ccc2c1. The lowest BCUT2D eigenvalue weighted by Crippen LogP contribution is -2.07. The lowest BCUT2D eigenvalue weighted by atomic mass is 10.0. The third kappa shape index (κ3) is 2.81. The summed E-state index contributed by atoms with van der Waals surface area (Å²) in [5.74, 6) is 0. The third-order valence-corrected chi connectivity index (χ3v) is 3.14. The second-order valence-electron chi connectivity index (χ2n) is 4.88. The smallest absolute Gasteiger partial charge is 0.101 e. The first-order chi connectivity index (χ1) is 9.51. The van der Waals surface area contributed by atoms with Gasteiger partial charge in [-0.15, -0.1) is 0 Å². The molecule has 0 amide bonds. The van der Waals surface area contributed by atoms with E-state index in [4.69, 9.17) is 11.0 Å². The van der Waals surface area contributed by atoms with Crippen molar-refractivity contribution >= 4 is 22.5 Å². The third-order valence-electron chi connectivity index (χ3n) is 3.14. The van der Waals surface area contributed by atoms with Crippen molar-refractivity contribution in [1.29, 1.82) is 5.26 Å². The second kappa shape index (κ2) is 5.50. The molecule has 0 heterocycles. The van der Waals surface area contributed by atoms with Crippen molar-refractivity contribution in [1.82, 2.24) is 0 Å². The molecule has 2 N–H and O–H groups in total. The first kappa shape index (κ1) is 13.7. The molecule has 0 unspecified atom stereocenters. The molecule has 3 heteroatoms. The molecule has 0 aliphatic carbocycles. The Morgan fingerprint density at radius 1 is 1.20 bits per heavy atom. The average Bonchev–Trinajstić information content (AvgIpc) is 2.43. The zero-order valence-corrected chi connectivity index (χ0v) is 11.7. The molecule has 0 radical (unpaired) electrons. The van der Waals surface area contributed by atoms with Gasteiger partial charge in [0.1, 0.15) is 6.07 Å². The minimum absolute atomic E-state index is 0.288. The monoisotopic (exact) mass is 263 g/mol. The van der Waals surface area contributed by atoms with Gasteiger partial charge in [-0.2, -0.15) is 5.26 Å². The van der Waals surface area contributed by atoms with Gasteiger partial charge < -0.3 is 10.6 Å². The van der Waals surface area contributed by atoms with E-state index in [1.165, 1.54) is 5.39 Å². The van der Waals surface area contributed by atoms with Crippen LogP contribution in [0.4, 0.5) is 5.69 Å². The Labute approximate surface area is 119 Å². The van der Waals surface area contributed by atoms with Gasteiger partial charge in [0.25, 0.3) is 0 Å². The number of nitrogens with zero attached hydrogens (tertiary/aromatic N) is 2. The van der Waals surface area contributed by atoms with Crippen LogP contribution in [0.15, 0.2) is 54.2 Å². The van der Waals surface area contributed by atoms with Gasteiger partial charge >= 0.3 is 0 Å². The number of fused-ring (bicyclic) bond motifs is 1. The summed E-state index contributed by atoms with van der Waals surface area (Å²) in [6.45, 7) is 3.60. The Bertz CT molecular complexity index is 733. The van der Waals surface area contributed by atoms with Gasteiger partial charge in [0, 0.05) is 25.5 Å². The van der Waals surface area contributed by atoms with Gasteiger partial charge in [0.05, 0.1) is 5.57 Å². The van der Waals surface area contributed by atoms with Gasteiger partial charge in [-0.1, -0.05) is 24.8 Å². The molecule has 0 spiro atoms. The van der Waals surface area contributed by atoms with E-state index in [-0.39, 0.29) is 5.70 Å². The van der Waals surface area contributed by atoms with Gasteiger partial charge in [0.2, 0.25) is 0 Å². The first-order valence-corrected chi connectivity index (χ1v) is 6.29. The molecule has 100 valence electrons. The number of hydrogen-bond donors (Lipinski definition) is 1. The first-order valence-electron chi connectivity index (χ1n) is 6.29. The van der Waals surface area contributed by atoms with E-state index in [1.807, 2.05) is 32.3 Å². The molecule has 0 aromatic heterocycles. The highest BCUT2D eigenvalue weighted by molar-refractivity contribution is 5.88. The quantitative estimate of drug-likeness (QED) is 0.683. The number of nitriles is 1. The maximum atomic E-state index is 9.00. The fourth-order valence-electron chi connectivity index (χ4n) is 1.98. The van der Waals surface area contributed by atoms with E-state index < -0.39 is 0 Å². The van der Waals surface area contributed by atoms with Crippen LogP contribution in [-0.4, -0.2) is 14.1 Å². The maximum Gasteiger partial charge on any atom is 0.101 e. The molecule has 2 rings (SSSR count). The lowest BCUT2D eigenvalue weighted by molar-refractivity contribution is 1.14. The molecule has 0 aliphatic heterocycles. The second-order valence-corrected chi connectivity index (χ2v) is 4.88. The van der Waals surface area contributed by atoms with E-state index in [2.05, 4.69) is 35.7 Å². The van der Waals surface area contributed by atoms with E-state index >= 15 is 0 Å². The topological polar surface area (TPSA) is 53.1 Å². The van der Waals surface area contributed by atoms with Crippen LogP contribution < -0.4 is 10.6 Å². The molecular weight excluding hydrogens is 246 g/mol. The molecular formula is C17H17N3. The molecule has 0 atom stereocenters. The van der Waals surface area contributed by atoms with Crippen LogP contribution in [-0.2, 0) is 0 Å². The Hall–Kier alpha value is -2.73. The van der Waals surface area contributed by atoms with Crippen molar-refractivity contribution in [2.24, 2.45) is 5.73 Å². The fraction of sp³-hybridized carbons (Fsp3) is 0.118. The molecule has 3 nitrogen and oxygen atoms in total. The van der Waals surface area contributed by atoms with Crippen molar-refractivity contribution < 1.29 is 0 Å². The van der Waals surface area contributed by atoms with Crippen molar-refractivity contribution in [3.8, 4) is 6.07 Å². The number of hydrogen-bond acceptors (Lipinski definition) is 3. The average molecular weight is 263 g/mol. The highest BCUT2D eigenvalue weighted by atomic mass is 15.1. The number of rotatable bonds is 3. The van der Waals surface area contributed by atoms with Crippen LogP contribution in [0.25, 0.3) is 16.8 Å². The molecule has 2 aromatic carbocycles. The van der Waals surface area contributed by atoms with E-state index in [9.17, 15) is 0 Å². The van der Waals surface area contributed by atoms with Crippen LogP contribution in [0.1, 0.15) is 5.56 Å². The minimum atomic E-state index is 0.288. The summed E-state index contributed by atoms with van der Waals surface area (Å²) < 4.78 is 0. The van der Waals surface area contributed by atoms with Gasteiger partial charge in [-0.3, -0.25) is 0 Å². The van der Waals surface area contributed by atoms with Gasteiger partial charge in [-0.05, 0) is 40.6 Å².